The highest BCUT2D eigenvalue weighted by molar-refractivity contribution is 5.83. The minimum Gasteiger partial charge on any atom is -0.333 e. The molecule has 4 unspecified atom stereocenters. The number of nitrogens with zero attached hydrogens (tertiary/aromatic N) is 5. The summed E-state index contributed by atoms with van der Waals surface area (Å²) in [7, 11) is 0. The fourth-order valence-corrected chi connectivity index (χ4v) is 7.25. The van der Waals surface area contributed by atoms with Crippen molar-refractivity contribution < 1.29 is 0 Å². The van der Waals surface area contributed by atoms with Gasteiger partial charge in [0.05, 0.1) is 41.4 Å². The predicted octanol–water partition coefficient (Wildman–Crippen LogP) is 8.45. The summed E-state index contributed by atoms with van der Waals surface area (Å²) in [6.07, 6.45) is 14.7. The molecular formula is C39H25N5. The van der Waals surface area contributed by atoms with Crippen LogP contribution >= 0.6 is 0 Å². The molecule has 4 aromatic rings. The van der Waals surface area contributed by atoms with Gasteiger partial charge in [-0.05, 0) is 82.9 Å². The lowest BCUT2D eigenvalue weighted by Crippen LogP contribution is -2.29. The molecule has 2 aliphatic carbocycles. The SMILES string of the molecule is N#CC1=CC2c3cc(C#N)ccc3N(c3cccc(-c4cc(C#N)cc(N5c6ccccc6C6C=CC=CC65)c4)c3)C2C=C1. The van der Waals surface area contributed by atoms with E-state index in [0.29, 0.717) is 16.7 Å². The molecule has 2 aliphatic heterocycles. The van der Waals surface area contributed by atoms with E-state index < -0.39 is 0 Å². The molecule has 0 saturated carbocycles. The van der Waals surface area contributed by atoms with Crippen molar-refractivity contribution >= 4 is 22.7 Å². The molecule has 0 spiro atoms. The predicted molar refractivity (Wildman–Crippen MR) is 173 cm³/mol. The molecule has 0 radical (unpaired) electrons. The number of hydrogen-bond acceptors (Lipinski definition) is 5. The quantitative estimate of drug-likeness (QED) is 0.250. The van der Waals surface area contributed by atoms with Gasteiger partial charge >= 0.3 is 0 Å². The number of para-hydroxylation sites is 1. The van der Waals surface area contributed by atoms with Crippen LogP contribution < -0.4 is 9.80 Å². The Morgan fingerprint density at radius 1 is 0.545 bits per heavy atom. The molecule has 5 heteroatoms. The molecule has 0 amide bonds. The third-order valence-corrected chi connectivity index (χ3v) is 9.14. The Labute approximate surface area is 256 Å². The van der Waals surface area contributed by atoms with Crippen molar-refractivity contribution in [3.63, 3.8) is 0 Å². The maximum Gasteiger partial charge on any atom is 0.0992 e. The first-order valence-electron chi connectivity index (χ1n) is 14.7. The third kappa shape index (κ3) is 3.90. The van der Waals surface area contributed by atoms with Crippen molar-refractivity contribution in [2.75, 3.05) is 9.80 Å². The van der Waals surface area contributed by atoms with E-state index in [1.807, 2.05) is 42.5 Å². The van der Waals surface area contributed by atoms with Crippen LogP contribution in [0.2, 0.25) is 0 Å². The van der Waals surface area contributed by atoms with Gasteiger partial charge in [-0.2, -0.15) is 15.8 Å². The number of fused-ring (bicyclic) bond motifs is 6. The van der Waals surface area contributed by atoms with E-state index in [1.54, 1.807) is 0 Å². The Morgan fingerprint density at radius 2 is 1.32 bits per heavy atom. The topological polar surface area (TPSA) is 77.8 Å². The van der Waals surface area contributed by atoms with E-state index in [2.05, 4.69) is 113 Å². The minimum atomic E-state index is -0.0316. The van der Waals surface area contributed by atoms with Crippen molar-refractivity contribution in [3.05, 3.63) is 155 Å². The maximum absolute atomic E-state index is 10.1. The largest absolute Gasteiger partial charge is 0.333 e. The number of allylic oxidation sites excluding steroid dienone is 4. The molecule has 5 nitrogen and oxygen atoms in total. The Bertz CT molecular complexity index is 2110. The molecule has 0 aromatic heterocycles. The van der Waals surface area contributed by atoms with Crippen molar-refractivity contribution in [1.29, 1.82) is 15.8 Å². The molecule has 2 heterocycles. The van der Waals surface area contributed by atoms with Gasteiger partial charge in [-0.1, -0.05) is 66.8 Å². The molecule has 4 atom stereocenters. The Kier molecular flexibility index (Phi) is 5.83. The van der Waals surface area contributed by atoms with Gasteiger partial charge in [0.1, 0.15) is 0 Å². The average molecular weight is 564 g/mol. The second kappa shape index (κ2) is 10.0. The molecule has 8 rings (SSSR count). The van der Waals surface area contributed by atoms with Gasteiger partial charge in [-0.15, -0.1) is 0 Å². The van der Waals surface area contributed by atoms with Gasteiger partial charge in [0.25, 0.3) is 0 Å². The maximum atomic E-state index is 10.1. The summed E-state index contributed by atoms with van der Waals surface area (Å²) < 4.78 is 0. The second-order valence-corrected chi connectivity index (χ2v) is 11.5. The summed E-state index contributed by atoms with van der Waals surface area (Å²) in [6, 6.07) is 35.9. The van der Waals surface area contributed by atoms with E-state index in [-0.39, 0.29) is 23.9 Å². The summed E-state index contributed by atoms with van der Waals surface area (Å²) >= 11 is 0. The van der Waals surface area contributed by atoms with Crippen molar-refractivity contribution in [2.24, 2.45) is 0 Å². The van der Waals surface area contributed by atoms with Gasteiger partial charge in [-0.25, -0.2) is 0 Å². The van der Waals surface area contributed by atoms with Gasteiger partial charge in [0.2, 0.25) is 0 Å². The number of hydrogen-bond donors (Lipinski definition) is 0. The first kappa shape index (κ1) is 25.6. The zero-order valence-electron chi connectivity index (χ0n) is 23.7. The van der Waals surface area contributed by atoms with E-state index in [9.17, 15) is 15.8 Å². The fourth-order valence-electron chi connectivity index (χ4n) is 7.25. The molecule has 0 N–H and O–H groups in total. The average Bonchev–Trinajstić information content (AvgIpc) is 3.60. The summed E-state index contributed by atoms with van der Waals surface area (Å²) in [5.41, 5.74) is 10.4. The van der Waals surface area contributed by atoms with Crippen LogP contribution in [0.4, 0.5) is 22.7 Å². The lowest BCUT2D eigenvalue weighted by molar-refractivity contribution is 0.741. The highest BCUT2D eigenvalue weighted by Gasteiger charge is 2.39. The van der Waals surface area contributed by atoms with Crippen LogP contribution in [-0.4, -0.2) is 12.1 Å². The molecule has 4 aromatic carbocycles. The third-order valence-electron chi connectivity index (χ3n) is 9.14. The number of nitriles is 3. The summed E-state index contributed by atoms with van der Waals surface area (Å²) in [5.74, 6) is 0.230. The van der Waals surface area contributed by atoms with Gasteiger partial charge in [0, 0.05) is 40.2 Å². The number of rotatable bonds is 3. The highest BCUT2D eigenvalue weighted by Crippen LogP contribution is 2.50. The first-order chi connectivity index (χ1) is 21.7. The van der Waals surface area contributed by atoms with E-state index in [0.717, 1.165) is 33.8 Å². The van der Waals surface area contributed by atoms with Crippen molar-refractivity contribution in [2.45, 2.75) is 23.9 Å². The van der Waals surface area contributed by atoms with E-state index in [4.69, 9.17) is 0 Å². The Hall–Kier alpha value is -6.09. The van der Waals surface area contributed by atoms with Crippen LogP contribution in [0.1, 0.15) is 34.1 Å². The molecule has 4 aliphatic rings. The summed E-state index contributed by atoms with van der Waals surface area (Å²) in [6.45, 7) is 0. The lowest BCUT2D eigenvalue weighted by Gasteiger charge is -2.30. The van der Waals surface area contributed by atoms with Gasteiger partial charge < -0.3 is 9.80 Å². The van der Waals surface area contributed by atoms with E-state index in [1.165, 1.54) is 11.3 Å². The first-order valence-corrected chi connectivity index (χ1v) is 14.7. The normalized spacial score (nSPS) is 21.8. The smallest absolute Gasteiger partial charge is 0.0992 e. The molecule has 44 heavy (non-hydrogen) atoms. The standard InChI is InChI=1S/C39H25N5/c40-22-25-12-14-38-34(18-25)35-19-26(23-41)13-15-39(35)43(38)30-7-5-6-28(20-30)29-16-27(24-42)17-31(21-29)44-36-10-3-1-8-32(36)33-9-2-4-11-37(33)44/h1-21,32,34,36,38H. The molecule has 0 fully saturated rings. The van der Waals surface area contributed by atoms with Crippen LogP contribution in [0.15, 0.2) is 133 Å². The van der Waals surface area contributed by atoms with Crippen LogP contribution in [0.3, 0.4) is 0 Å². The molecule has 0 bridgehead atoms. The number of anilines is 4. The lowest BCUT2D eigenvalue weighted by atomic mass is 9.88. The van der Waals surface area contributed by atoms with Crippen molar-refractivity contribution in [3.8, 4) is 29.3 Å². The Morgan fingerprint density at radius 3 is 2.18 bits per heavy atom. The summed E-state index contributed by atoms with van der Waals surface area (Å²) in [5, 5.41) is 29.3. The van der Waals surface area contributed by atoms with E-state index >= 15 is 0 Å². The highest BCUT2D eigenvalue weighted by atomic mass is 15.2. The second-order valence-electron chi connectivity index (χ2n) is 11.5. The van der Waals surface area contributed by atoms with Gasteiger partial charge in [0.15, 0.2) is 0 Å². The molecule has 206 valence electrons. The van der Waals surface area contributed by atoms with Crippen LogP contribution in [0.25, 0.3) is 11.1 Å². The minimum absolute atomic E-state index is 0.0172. The van der Waals surface area contributed by atoms with Crippen LogP contribution in [0, 0.1) is 34.0 Å². The monoisotopic (exact) mass is 563 g/mol. The van der Waals surface area contributed by atoms with Crippen LogP contribution in [0.5, 0.6) is 0 Å². The fraction of sp³-hybridized carbons (Fsp3) is 0.103. The zero-order valence-corrected chi connectivity index (χ0v) is 23.7. The Balaban J connectivity index is 1.23. The van der Waals surface area contributed by atoms with Crippen LogP contribution in [-0.2, 0) is 0 Å². The molecular weight excluding hydrogens is 538 g/mol. The zero-order chi connectivity index (χ0) is 29.8. The van der Waals surface area contributed by atoms with Gasteiger partial charge in [-0.3, -0.25) is 0 Å². The number of benzene rings is 4. The van der Waals surface area contributed by atoms with Crippen molar-refractivity contribution in [1.82, 2.24) is 0 Å². The summed E-state index contributed by atoms with van der Waals surface area (Å²) in [4.78, 5) is 4.65. The molecule has 0 saturated heterocycles.